The summed E-state index contributed by atoms with van der Waals surface area (Å²) < 4.78 is 11.0. The molecule has 0 spiro atoms. The van der Waals surface area contributed by atoms with Crippen molar-refractivity contribution in [2.75, 3.05) is 25.5 Å². The molecule has 7 nitrogen and oxygen atoms in total. The van der Waals surface area contributed by atoms with Gasteiger partial charge in [0, 0.05) is 24.3 Å². The third-order valence-electron chi connectivity index (χ3n) is 7.42. The molecule has 0 bridgehead atoms. The maximum atomic E-state index is 13.2. The van der Waals surface area contributed by atoms with Crippen molar-refractivity contribution in [1.82, 2.24) is 10.6 Å². The molecule has 40 heavy (non-hydrogen) atoms. The molecule has 0 saturated heterocycles. The van der Waals surface area contributed by atoms with Gasteiger partial charge in [-0.05, 0) is 72.9 Å². The van der Waals surface area contributed by atoms with Crippen LogP contribution in [0.3, 0.4) is 0 Å². The summed E-state index contributed by atoms with van der Waals surface area (Å²) in [6.07, 6.45) is 7.79. The van der Waals surface area contributed by atoms with Crippen molar-refractivity contribution >= 4 is 17.5 Å². The van der Waals surface area contributed by atoms with E-state index in [4.69, 9.17) is 9.47 Å². The highest BCUT2D eigenvalue weighted by molar-refractivity contribution is 5.97. The SMILES string of the molecule is COc1ccc(NCCNC(=O)C(CCC2CCCCC2)NC(=O)c2ccc(OCc3ccccc3)cc2)cc1. The molecule has 0 aliphatic heterocycles. The summed E-state index contributed by atoms with van der Waals surface area (Å²) in [6, 6.07) is 24.1. The van der Waals surface area contributed by atoms with Crippen LogP contribution in [0.25, 0.3) is 0 Å². The monoisotopic (exact) mass is 543 g/mol. The van der Waals surface area contributed by atoms with Crippen molar-refractivity contribution in [2.24, 2.45) is 5.92 Å². The first-order valence-corrected chi connectivity index (χ1v) is 14.3. The van der Waals surface area contributed by atoms with E-state index >= 15 is 0 Å². The lowest BCUT2D eigenvalue weighted by atomic mass is 9.85. The zero-order valence-electron chi connectivity index (χ0n) is 23.4. The van der Waals surface area contributed by atoms with Crippen LogP contribution in [0.5, 0.6) is 11.5 Å². The van der Waals surface area contributed by atoms with Crippen LogP contribution in [0.4, 0.5) is 5.69 Å². The summed E-state index contributed by atoms with van der Waals surface area (Å²) in [5, 5.41) is 9.29. The number of nitrogens with one attached hydrogen (secondary N) is 3. The van der Waals surface area contributed by atoms with Gasteiger partial charge in [0.15, 0.2) is 0 Å². The second-order valence-electron chi connectivity index (χ2n) is 10.4. The lowest BCUT2D eigenvalue weighted by Gasteiger charge is -2.24. The lowest BCUT2D eigenvalue weighted by molar-refractivity contribution is -0.123. The van der Waals surface area contributed by atoms with E-state index in [-0.39, 0.29) is 11.8 Å². The molecule has 0 aromatic heterocycles. The maximum Gasteiger partial charge on any atom is 0.251 e. The van der Waals surface area contributed by atoms with E-state index in [1.54, 1.807) is 31.4 Å². The maximum absolute atomic E-state index is 13.2. The molecule has 1 aliphatic carbocycles. The molecule has 1 fully saturated rings. The number of amides is 2. The Morgan fingerprint density at radius 1 is 0.850 bits per heavy atom. The van der Waals surface area contributed by atoms with Crippen LogP contribution in [0, 0.1) is 5.92 Å². The largest absolute Gasteiger partial charge is 0.497 e. The molecular weight excluding hydrogens is 502 g/mol. The van der Waals surface area contributed by atoms with Crippen LogP contribution in [0.2, 0.25) is 0 Å². The first kappa shape index (κ1) is 29.0. The summed E-state index contributed by atoms with van der Waals surface area (Å²) in [7, 11) is 1.64. The smallest absolute Gasteiger partial charge is 0.251 e. The van der Waals surface area contributed by atoms with Crippen molar-refractivity contribution < 1.29 is 19.1 Å². The van der Waals surface area contributed by atoms with Crippen molar-refractivity contribution in [2.45, 2.75) is 57.6 Å². The van der Waals surface area contributed by atoms with Gasteiger partial charge in [-0.25, -0.2) is 0 Å². The summed E-state index contributed by atoms with van der Waals surface area (Å²) in [4.78, 5) is 26.3. The van der Waals surface area contributed by atoms with Crippen molar-refractivity contribution in [1.29, 1.82) is 0 Å². The van der Waals surface area contributed by atoms with Gasteiger partial charge < -0.3 is 25.4 Å². The van der Waals surface area contributed by atoms with Crippen molar-refractivity contribution in [3.8, 4) is 11.5 Å². The minimum Gasteiger partial charge on any atom is -0.497 e. The molecule has 1 atom stereocenters. The number of methoxy groups -OCH3 is 1. The van der Waals surface area contributed by atoms with Gasteiger partial charge >= 0.3 is 0 Å². The molecule has 1 saturated carbocycles. The first-order chi connectivity index (χ1) is 19.6. The molecule has 3 aromatic carbocycles. The van der Waals surface area contributed by atoms with E-state index in [1.807, 2.05) is 54.6 Å². The van der Waals surface area contributed by atoms with Crippen molar-refractivity contribution in [3.05, 3.63) is 90.0 Å². The zero-order valence-corrected chi connectivity index (χ0v) is 23.4. The van der Waals surface area contributed by atoms with Gasteiger partial charge in [-0.3, -0.25) is 9.59 Å². The van der Waals surface area contributed by atoms with Crippen LogP contribution in [0.1, 0.15) is 60.9 Å². The Bertz CT molecular complexity index is 1180. The number of carbonyl (C=O) groups is 2. The topological polar surface area (TPSA) is 88.7 Å². The molecular formula is C33H41N3O4. The summed E-state index contributed by atoms with van der Waals surface area (Å²) >= 11 is 0. The fraction of sp³-hybridized carbons (Fsp3) is 0.394. The second-order valence-corrected chi connectivity index (χ2v) is 10.4. The Kier molecular flexibility index (Phi) is 11.3. The van der Waals surface area contributed by atoms with Crippen LogP contribution in [-0.4, -0.2) is 38.1 Å². The molecule has 3 aromatic rings. The minimum absolute atomic E-state index is 0.150. The average molecular weight is 544 g/mol. The summed E-state index contributed by atoms with van der Waals surface area (Å²) in [5.74, 6) is 1.71. The standard InChI is InChI=1S/C33H41N3O4/c1-39-29-19-15-28(16-20-29)34-22-23-35-33(38)31(21-12-25-8-4-2-5-9-25)36-32(37)27-13-17-30(18-14-27)40-24-26-10-6-3-7-11-26/h3,6-7,10-11,13-20,25,31,34H,2,4-5,8-9,12,21-24H2,1H3,(H,35,38)(H,36,37). The van der Waals surface area contributed by atoms with Gasteiger partial charge in [0.1, 0.15) is 24.1 Å². The quantitative estimate of drug-likeness (QED) is 0.218. The molecule has 7 heteroatoms. The minimum atomic E-state index is -0.579. The Hall–Kier alpha value is -4.00. The van der Waals surface area contributed by atoms with E-state index in [0.717, 1.165) is 23.4 Å². The number of carbonyl (C=O) groups excluding carboxylic acids is 2. The Morgan fingerprint density at radius 2 is 1.55 bits per heavy atom. The fourth-order valence-electron chi connectivity index (χ4n) is 5.06. The molecule has 1 unspecified atom stereocenters. The number of hydrogen-bond donors (Lipinski definition) is 3. The Morgan fingerprint density at radius 3 is 2.25 bits per heavy atom. The van der Waals surface area contributed by atoms with E-state index in [2.05, 4.69) is 16.0 Å². The Balaban J connectivity index is 1.29. The predicted octanol–water partition coefficient (Wildman–Crippen LogP) is 5.96. The average Bonchev–Trinajstić information content (AvgIpc) is 3.01. The third kappa shape index (κ3) is 9.33. The van der Waals surface area contributed by atoms with E-state index < -0.39 is 6.04 Å². The predicted molar refractivity (Wildman–Crippen MR) is 159 cm³/mol. The zero-order chi connectivity index (χ0) is 28.0. The van der Waals surface area contributed by atoms with Gasteiger partial charge in [-0.1, -0.05) is 62.4 Å². The van der Waals surface area contributed by atoms with Gasteiger partial charge in [-0.15, -0.1) is 0 Å². The molecule has 0 heterocycles. The Labute approximate surface area is 237 Å². The van der Waals surface area contributed by atoms with Crippen LogP contribution in [-0.2, 0) is 11.4 Å². The normalized spacial score (nSPS) is 14.1. The highest BCUT2D eigenvalue weighted by atomic mass is 16.5. The first-order valence-electron chi connectivity index (χ1n) is 14.3. The van der Waals surface area contributed by atoms with Gasteiger partial charge in [0.05, 0.1) is 7.11 Å². The third-order valence-corrected chi connectivity index (χ3v) is 7.42. The van der Waals surface area contributed by atoms with Crippen LogP contribution < -0.4 is 25.4 Å². The highest BCUT2D eigenvalue weighted by Gasteiger charge is 2.23. The molecule has 1 aliphatic rings. The second kappa shape index (κ2) is 15.6. The van der Waals surface area contributed by atoms with E-state index in [0.29, 0.717) is 43.3 Å². The van der Waals surface area contributed by atoms with Crippen LogP contribution >= 0.6 is 0 Å². The van der Waals surface area contributed by atoms with Gasteiger partial charge in [0.2, 0.25) is 5.91 Å². The number of rotatable bonds is 14. The van der Waals surface area contributed by atoms with Gasteiger partial charge in [-0.2, -0.15) is 0 Å². The number of benzene rings is 3. The highest BCUT2D eigenvalue weighted by Crippen LogP contribution is 2.28. The summed E-state index contributed by atoms with van der Waals surface area (Å²) in [5.41, 5.74) is 2.53. The molecule has 4 rings (SSSR count). The van der Waals surface area contributed by atoms with Gasteiger partial charge in [0.25, 0.3) is 5.91 Å². The summed E-state index contributed by atoms with van der Waals surface area (Å²) in [6.45, 7) is 1.49. The number of hydrogen-bond acceptors (Lipinski definition) is 5. The number of ether oxygens (including phenoxy) is 2. The molecule has 0 radical (unpaired) electrons. The molecule has 2 amide bonds. The molecule has 3 N–H and O–H groups in total. The van der Waals surface area contributed by atoms with Crippen LogP contribution in [0.15, 0.2) is 78.9 Å². The lowest BCUT2D eigenvalue weighted by Crippen LogP contribution is -2.47. The molecule has 212 valence electrons. The number of anilines is 1. The fourth-order valence-corrected chi connectivity index (χ4v) is 5.06. The van der Waals surface area contributed by atoms with E-state index in [1.165, 1.54) is 32.1 Å². The van der Waals surface area contributed by atoms with E-state index in [9.17, 15) is 9.59 Å². The van der Waals surface area contributed by atoms with Crippen molar-refractivity contribution in [3.63, 3.8) is 0 Å².